The number of anilines is 2. The first kappa shape index (κ1) is 14.6. The number of pyridine rings is 1. The molecule has 1 aromatic heterocycles. The highest BCUT2D eigenvalue weighted by atomic mass is 16.2. The van der Waals surface area contributed by atoms with Crippen LogP contribution in [0.15, 0.2) is 36.5 Å². The summed E-state index contributed by atoms with van der Waals surface area (Å²) in [5.41, 5.74) is 4.68. The van der Waals surface area contributed by atoms with Crippen LogP contribution in [0.1, 0.15) is 25.3 Å². The number of hydrogen-bond acceptors (Lipinski definition) is 3. The van der Waals surface area contributed by atoms with Crippen LogP contribution in [0.25, 0.3) is 11.1 Å². The molecule has 0 bridgehead atoms. The fraction of sp³-hybridized carbons (Fsp3) is 0.333. The maximum Gasteiger partial charge on any atom is 0.224 e. The summed E-state index contributed by atoms with van der Waals surface area (Å²) in [4.78, 5) is 17.3. The van der Waals surface area contributed by atoms with E-state index < -0.39 is 0 Å². The summed E-state index contributed by atoms with van der Waals surface area (Å²) < 4.78 is 0. The van der Waals surface area contributed by atoms with Gasteiger partial charge in [0.05, 0.1) is 0 Å². The number of benzene rings is 1. The Bertz CT molecular complexity index is 690. The maximum absolute atomic E-state index is 11.4. The Hall–Kier alpha value is -2.36. The quantitative estimate of drug-likeness (QED) is 0.937. The van der Waals surface area contributed by atoms with Crippen LogP contribution >= 0.6 is 0 Å². The third-order valence-electron chi connectivity index (χ3n) is 4.15. The van der Waals surface area contributed by atoms with E-state index in [0.29, 0.717) is 11.9 Å². The summed E-state index contributed by atoms with van der Waals surface area (Å²) in [6, 6.07) is 10.9. The van der Waals surface area contributed by atoms with E-state index in [9.17, 15) is 4.79 Å². The van der Waals surface area contributed by atoms with Crippen LogP contribution in [0.5, 0.6) is 0 Å². The Balaban J connectivity index is 1.89. The van der Waals surface area contributed by atoms with Crippen molar-refractivity contribution in [1.29, 1.82) is 0 Å². The Morgan fingerprint density at radius 2 is 2.05 bits per heavy atom. The first-order valence-electron chi connectivity index (χ1n) is 7.63. The van der Waals surface area contributed by atoms with Gasteiger partial charge in [0.25, 0.3) is 0 Å². The lowest BCUT2D eigenvalue weighted by molar-refractivity contribution is -0.116. The molecule has 1 saturated carbocycles. The molecule has 1 heterocycles. The fourth-order valence-electron chi connectivity index (χ4n) is 2.46. The van der Waals surface area contributed by atoms with Gasteiger partial charge in [0.15, 0.2) is 0 Å². The lowest BCUT2D eigenvalue weighted by atomic mass is 10.0. The van der Waals surface area contributed by atoms with Gasteiger partial charge in [-0.15, -0.1) is 0 Å². The van der Waals surface area contributed by atoms with Crippen LogP contribution in [0.3, 0.4) is 0 Å². The Kier molecular flexibility index (Phi) is 3.84. The van der Waals surface area contributed by atoms with Crippen LogP contribution in [0.4, 0.5) is 11.5 Å². The second-order valence-electron chi connectivity index (χ2n) is 5.88. The van der Waals surface area contributed by atoms with E-state index in [2.05, 4.69) is 35.4 Å². The predicted molar refractivity (Wildman–Crippen MR) is 90.1 cm³/mol. The highest BCUT2D eigenvalue weighted by Gasteiger charge is 2.21. The van der Waals surface area contributed by atoms with E-state index in [1.54, 1.807) is 11.9 Å². The second-order valence-corrected chi connectivity index (χ2v) is 5.88. The average molecular weight is 295 g/mol. The van der Waals surface area contributed by atoms with Gasteiger partial charge in [-0.3, -0.25) is 4.79 Å². The van der Waals surface area contributed by atoms with E-state index in [1.165, 1.54) is 36.6 Å². The lowest BCUT2D eigenvalue weighted by Gasteiger charge is -2.15. The monoisotopic (exact) mass is 295 g/mol. The van der Waals surface area contributed by atoms with E-state index in [4.69, 9.17) is 0 Å². The summed E-state index contributed by atoms with van der Waals surface area (Å²) in [5, 5.41) is 3.57. The zero-order chi connectivity index (χ0) is 15.7. The number of hydrogen-bond donors (Lipinski definition) is 1. The molecular formula is C18H21N3O. The average Bonchev–Trinajstić information content (AvgIpc) is 3.33. The highest BCUT2D eigenvalue weighted by molar-refractivity contribution is 5.90. The third-order valence-corrected chi connectivity index (χ3v) is 4.15. The van der Waals surface area contributed by atoms with Gasteiger partial charge >= 0.3 is 0 Å². The van der Waals surface area contributed by atoms with E-state index in [0.717, 1.165) is 5.56 Å². The van der Waals surface area contributed by atoms with Crippen molar-refractivity contribution in [1.82, 2.24) is 4.98 Å². The molecule has 1 aliphatic rings. The zero-order valence-corrected chi connectivity index (χ0v) is 13.3. The minimum Gasteiger partial charge on any atom is -0.382 e. The molecule has 2 aromatic rings. The predicted octanol–water partition coefficient (Wildman–Crippen LogP) is 3.61. The van der Waals surface area contributed by atoms with Gasteiger partial charge in [-0.1, -0.05) is 12.1 Å². The molecule has 3 rings (SSSR count). The third kappa shape index (κ3) is 2.96. The SMILES string of the molecule is CC(=O)N(C)c1ccc(-c2cccc(NC3CC3)c2C)cn1. The van der Waals surface area contributed by atoms with E-state index in [-0.39, 0.29) is 5.91 Å². The molecule has 1 aromatic carbocycles. The smallest absolute Gasteiger partial charge is 0.224 e. The van der Waals surface area contributed by atoms with Crippen molar-refractivity contribution in [2.45, 2.75) is 32.7 Å². The number of rotatable bonds is 4. The van der Waals surface area contributed by atoms with Crippen LogP contribution in [-0.2, 0) is 4.79 Å². The molecule has 22 heavy (non-hydrogen) atoms. The number of carbonyl (C=O) groups is 1. The molecule has 0 unspecified atom stereocenters. The van der Waals surface area contributed by atoms with Gasteiger partial charge < -0.3 is 10.2 Å². The lowest BCUT2D eigenvalue weighted by Crippen LogP contribution is -2.23. The number of aromatic nitrogens is 1. The summed E-state index contributed by atoms with van der Waals surface area (Å²) in [7, 11) is 1.73. The van der Waals surface area contributed by atoms with Gasteiger partial charge in [0, 0.05) is 37.5 Å². The maximum atomic E-state index is 11.4. The summed E-state index contributed by atoms with van der Waals surface area (Å²) in [6.45, 7) is 3.67. The molecule has 0 spiro atoms. The second kappa shape index (κ2) is 5.79. The molecule has 114 valence electrons. The van der Waals surface area contributed by atoms with Crippen molar-refractivity contribution in [3.63, 3.8) is 0 Å². The Morgan fingerprint density at radius 1 is 1.27 bits per heavy atom. The minimum atomic E-state index is -0.0212. The topological polar surface area (TPSA) is 45.2 Å². The number of carbonyl (C=O) groups excluding carboxylic acids is 1. The van der Waals surface area contributed by atoms with Crippen molar-refractivity contribution in [3.05, 3.63) is 42.1 Å². The van der Waals surface area contributed by atoms with Crippen molar-refractivity contribution < 1.29 is 4.79 Å². The Labute approximate surface area is 131 Å². The molecule has 0 aliphatic heterocycles. The molecule has 0 saturated heterocycles. The minimum absolute atomic E-state index is 0.0212. The first-order valence-corrected chi connectivity index (χ1v) is 7.63. The summed E-state index contributed by atoms with van der Waals surface area (Å²) >= 11 is 0. The van der Waals surface area contributed by atoms with Gasteiger partial charge in [-0.2, -0.15) is 0 Å². The fourth-order valence-corrected chi connectivity index (χ4v) is 2.46. The largest absolute Gasteiger partial charge is 0.382 e. The van der Waals surface area contributed by atoms with Crippen LogP contribution in [-0.4, -0.2) is 24.0 Å². The van der Waals surface area contributed by atoms with Gasteiger partial charge in [-0.25, -0.2) is 4.98 Å². The Morgan fingerprint density at radius 3 is 2.64 bits per heavy atom. The standard InChI is InChI=1S/C18H21N3O/c1-12-16(5-4-6-17(12)20-15-8-9-15)14-7-10-18(19-11-14)21(3)13(2)22/h4-7,10-11,15,20H,8-9H2,1-3H3. The molecule has 0 radical (unpaired) electrons. The van der Waals surface area contributed by atoms with Crippen molar-refractivity contribution in [2.24, 2.45) is 0 Å². The molecular weight excluding hydrogens is 274 g/mol. The molecule has 1 aliphatic carbocycles. The van der Waals surface area contributed by atoms with E-state index in [1.807, 2.05) is 18.3 Å². The van der Waals surface area contributed by atoms with Crippen LogP contribution in [0, 0.1) is 6.92 Å². The summed E-state index contributed by atoms with van der Waals surface area (Å²) in [5.74, 6) is 0.647. The van der Waals surface area contributed by atoms with Gasteiger partial charge in [0.1, 0.15) is 5.82 Å². The molecule has 0 atom stereocenters. The van der Waals surface area contributed by atoms with Crippen LogP contribution in [0.2, 0.25) is 0 Å². The van der Waals surface area contributed by atoms with Gasteiger partial charge in [0.2, 0.25) is 5.91 Å². The highest BCUT2D eigenvalue weighted by Crippen LogP contribution is 2.32. The van der Waals surface area contributed by atoms with Gasteiger partial charge in [-0.05, 0) is 49.1 Å². The van der Waals surface area contributed by atoms with Crippen molar-refractivity contribution >= 4 is 17.4 Å². The molecule has 1 amide bonds. The number of amides is 1. The van der Waals surface area contributed by atoms with Crippen molar-refractivity contribution in [3.8, 4) is 11.1 Å². The molecule has 1 fully saturated rings. The zero-order valence-electron chi connectivity index (χ0n) is 13.3. The van der Waals surface area contributed by atoms with Crippen molar-refractivity contribution in [2.75, 3.05) is 17.3 Å². The number of nitrogens with one attached hydrogen (secondary N) is 1. The molecule has 1 N–H and O–H groups in total. The molecule has 4 heteroatoms. The number of nitrogens with zero attached hydrogens (tertiary/aromatic N) is 2. The van der Waals surface area contributed by atoms with E-state index >= 15 is 0 Å². The first-order chi connectivity index (χ1) is 10.6. The normalized spacial score (nSPS) is 13.8. The van der Waals surface area contributed by atoms with Crippen LogP contribution < -0.4 is 10.2 Å². The summed E-state index contributed by atoms with van der Waals surface area (Å²) in [6.07, 6.45) is 4.35. The molecule has 4 nitrogen and oxygen atoms in total.